The van der Waals surface area contributed by atoms with Gasteiger partial charge in [-0.1, -0.05) is 11.2 Å². The van der Waals surface area contributed by atoms with Gasteiger partial charge in [0.25, 0.3) is 0 Å². The van der Waals surface area contributed by atoms with E-state index < -0.39 is 0 Å². The number of pyridine rings is 2. The van der Waals surface area contributed by atoms with E-state index in [2.05, 4.69) is 25.1 Å². The molecule has 0 atom stereocenters. The number of aromatic nitrogens is 5. The maximum atomic E-state index is 5.31. The predicted octanol–water partition coefficient (Wildman–Crippen LogP) is 2.64. The first-order valence-electron chi connectivity index (χ1n) is 7.19. The summed E-state index contributed by atoms with van der Waals surface area (Å²) in [6, 6.07) is 11.6. The third kappa shape index (κ3) is 2.64. The normalized spacial score (nSPS) is 11.0. The van der Waals surface area contributed by atoms with E-state index in [9.17, 15) is 0 Å². The highest BCUT2D eigenvalue weighted by Gasteiger charge is 2.13. The van der Waals surface area contributed by atoms with Crippen LogP contribution in [0.15, 0.2) is 53.3 Å². The minimum Gasteiger partial charge on any atom is -0.350 e. The van der Waals surface area contributed by atoms with Crippen LogP contribution in [0.25, 0.3) is 22.6 Å². The maximum absolute atomic E-state index is 5.31. The Kier molecular flexibility index (Phi) is 3.23. The van der Waals surface area contributed by atoms with Crippen molar-refractivity contribution in [1.82, 2.24) is 25.1 Å². The van der Waals surface area contributed by atoms with Crippen LogP contribution in [0.1, 0.15) is 5.89 Å². The lowest BCUT2D eigenvalue weighted by Gasteiger charge is -2.15. The smallest absolute Gasteiger partial charge is 0.246 e. The molecular formula is C16H14N6O. The minimum atomic E-state index is 0.471. The third-order valence-corrected chi connectivity index (χ3v) is 3.52. The van der Waals surface area contributed by atoms with Gasteiger partial charge >= 0.3 is 0 Å². The molecule has 1 N–H and O–H groups in total. The van der Waals surface area contributed by atoms with E-state index in [1.165, 1.54) is 0 Å². The van der Waals surface area contributed by atoms with E-state index in [0.29, 0.717) is 24.0 Å². The Morgan fingerprint density at radius 1 is 1.13 bits per heavy atom. The molecule has 0 aromatic carbocycles. The number of nitrogens with one attached hydrogen (secondary N) is 1. The topological polar surface area (TPSA) is 83.7 Å². The van der Waals surface area contributed by atoms with Crippen LogP contribution in [0.2, 0.25) is 0 Å². The highest BCUT2D eigenvalue weighted by atomic mass is 16.5. The second kappa shape index (κ2) is 5.53. The fraction of sp³-hybridized carbons (Fsp3) is 0.125. The Bertz CT molecular complexity index is 930. The Morgan fingerprint density at radius 3 is 2.96 bits per heavy atom. The molecule has 0 amide bonds. The van der Waals surface area contributed by atoms with Crippen molar-refractivity contribution in [2.75, 3.05) is 11.9 Å². The molecule has 4 rings (SSSR count). The quantitative estimate of drug-likeness (QED) is 0.624. The second-order valence-corrected chi connectivity index (χ2v) is 5.17. The molecule has 0 spiro atoms. The predicted molar refractivity (Wildman–Crippen MR) is 85.7 cm³/mol. The molecule has 0 aliphatic rings. The third-order valence-electron chi connectivity index (χ3n) is 3.52. The van der Waals surface area contributed by atoms with E-state index in [-0.39, 0.29) is 0 Å². The Hall–Kier alpha value is -3.22. The Balaban J connectivity index is 1.54. The largest absolute Gasteiger partial charge is 0.350 e. The van der Waals surface area contributed by atoms with Gasteiger partial charge in [-0.15, -0.1) is 0 Å². The van der Waals surface area contributed by atoms with Crippen LogP contribution in [0.3, 0.4) is 0 Å². The average molecular weight is 306 g/mol. The zero-order chi connectivity index (χ0) is 15.6. The van der Waals surface area contributed by atoms with E-state index >= 15 is 0 Å². The van der Waals surface area contributed by atoms with Crippen molar-refractivity contribution in [3.05, 3.63) is 54.7 Å². The Labute approximate surface area is 132 Å². The number of anilines is 1. The van der Waals surface area contributed by atoms with Gasteiger partial charge in [-0.25, -0.2) is 4.98 Å². The highest BCUT2D eigenvalue weighted by molar-refractivity contribution is 5.77. The van der Waals surface area contributed by atoms with Crippen LogP contribution in [-0.4, -0.2) is 32.1 Å². The zero-order valence-corrected chi connectivity index (χ0v) is 12.5. The number of nitrogens with zero attached hydrogens (tertiary/aromatic N) is 5. The van der Waals surface area contributed by atoms with Gasteiger partial charge in [0.1, 0.15) is 17.2 Å². The monoisotopic (exact) mass is 306 g/mol. The van der Waals surface area contributed by atoms with E-state index in [4.69, 9.17) is 4.52 Å². The van der Waals surface area contributed by atoms with Crippen molar-refractivity contribution in [2.45, 2.75) is 6.54 Å². The summed E-state index contributed by atoms with van der Waals surface area (Å²) in [6.45, 7) is 0.471. The first-order chi connectivity index (χ1) is 11.3. The van der Waals surface area contributed by atoms with E-state index in [0.717, 1.165) is 16.9 Å². The van der Waals surface area contributed by atoms with Gasteiger partial charge < -0.3 is 14.4 Å². The average Bonchev–Trinajstić information content (AvgIpc) is 3.24. The van der Waals surface area contributed by atoms with Crippen molar-refractivity contribution in [1.29, 1.82) is 0 Å². The molecule has 0 bridgehead atoms. The lowest BCUT2D eigenvalue weighted by molar-refractivity contribution is 0.378. The highest BCUT2D eigenvalue weighted by Crippen LogP contribution is 2.18. The molecule has 0 fully saturated rings. The van der Waals surface area contributed by atoms with Crippen molar-refractivity contribution < 1.29 is 4.52 Å². The second-order valence-electron chi connectivity index (χ2n) is 5.17. The van der Waals surface area contributed by atoms with Crippen LogP contribution in [0.4, 0.5) is 5.82 Å². The van der Waals surface area contributed by atoms with Gasteiger partial charge in [0.15, 0.2) is 0 Å². The fourth-order valence-corrected chi connectivity index (χ4v) is 2.33. The lowest BCUT2D eigenvalue weighted by atomic mass is 10.3. The molecule has 4 aromatic rings. The number of hydrogen-bond donors (Lipinski definition) is 1. The van der Waals surface area contributed by atoms with Crippen LogP contribution < -0.4 is 4.90 Å². The Morgan fingerprint density at radius 2 is 2.09 bits per heavy atom. The number of hydrogen-bond acceptors (Lipinski definition) is 6. The van der Waals surface area contributed by atoms with Crippen molar-refractivity contribution in [3.63, 3.8) is 0 Å². The SMILES string of the molecule is CN(Cc1nc(-c2ccccn2)no1)c1ccc2cc[nH]c2n1. The lowest BCUT2D eigenvalue weighted by Crippen LogP contribution is -2.17. The van der Waals surface area contributed by atoms with E-state index in [1.807, 2.05) is 54.5 Å². The molecule has 0 unspecified atom stereocenters. The molecule has 7 heteroatoms. The molecule has 114 valence electrons. The summed E-state index contributed by atoms with van der Waals surface area (Å²) in [7, 11) is 1.93. The van der Waals surface area contributed by atoms with Gasteiger partial charge in [0, 0.05) is 24.8 Å². The van der Waals surface area contributed by atoms with Gasteiger partial charge in [-0.05, 0) is 30.3 Å². The summed E-state index contributed by atoms with van der Waals surface area (Å²) in [6.07, 6.45) is 3.57. The number of fused-ring (bicyclic) bond motifs is 1. The number of rotatable bonds is 4. The summed E-state index contributed by atoms with van der Waals surface area (Å²) < 4.78 is 5.31. The molecule has 0 saturated heterocycles. The molecule has 0 saturated carbocycles. The molecule has 23 heavy (non-hydrogen) atoms. The molecule has 4 aromatic heterocycles. The summed E-state index contributed by atoms with van der Waals surface area (Å²) in [5.74, 6) is 1.83. The minimum absolute atomic E-state index is 0.471. The first-order valence-corrected chi connectivity index (χ1v) is 7.19. The molecule has 0 radical (unpaired) electrons. The van der Waals surface area contributed by atoms with Gasteiger partial charge in [-0.2, -0.15) is 4.98 Å². The fourth-order valence-electron chi connectivity index (χ4n) is 2.33. The van der Waals surface area contributed by atoms with Gasteiger partial charge in [0.05, 0.1) is 6.54 Å². The summed E-state index contributed by atoms with van der Waals surface area (Å²) >= 11 is 0. The van der Waals surface area contributed by atoms with Crippen LogP contribution in [-0.2, 0) is 6.54 Å². The van der Waals surface area contributed by atoms with Crippen LogP contribution >= 0.6 is 0 Å². The zero-order valence-electron chi connectivity index (χ0n) is 12.5. The summed E-state index contributed by atoms with van der Waals surface area (Å²) in [5.41, 5.74) is 1.55. The summed E-state index contributed by atoms with van der Waals surface area (Å²) in [5, 5.41) is 5.05. The maximum Gasteiger partial charge on any atom is 0.246 e. The van der Waals surface area contributed by atoms with Crippen molar-refractivity contribution in [3.8, 4) is 11.5 Å². The van der Waals surface area contributed by atoms with Crippen LogP contribution in [0, 0.1) is 0 Å². The van der Waals surface area contributed by atoms with Gasteiger partial charge in [-0.3, -0.25) is 4.98 Å². The summed E-state index contributed by atoms with van der Waals surface area (Å²) in [4.78, 5) is 18.2. The van der Waals surface area contributed by atoms with Crippen molar-refractivity contribution >= 4 is 16.9 Å². The van der Waals surface area contributed by atoms with E-state index in [1.54, 1.807) is 6.20 Å². The number of aromatic amines is 1. The molecule has 7 nitrogen and oxygen atoms in total. The first kappa shape index (κ1) is 13.4. The molecule has 4 heterocycles. The van der Waals surface area contributed by atoms with Crippen molar-refractivity contribution in [2.24, 2.45) is 0 Å². The van der Waals surface area contributed by atoms with Crippen LogP contribution in [0.5, 0.6) is 0 Å². The molecule has 0 aliphatic heterocycles. The molecular weight excluding hydrogens is 292 g/mol. The number of H-pyrrole nitrogens is 1. The van der Waals surface area contributed by atoms with Gasteiger partial charge in [0.2, 0.25) is 11.7 Å². The molecule has 0 aliphatic carbocycles. The standard InChI is InChI=1S/C16H14N6O/c1-22(13-6-5-11-7-9-18-15(11)19-13)10-14-20-16(21-23-14)12-4-2-3-8-17-12/h2-9H,10H2,1H3,(H,18,19).